The maximum Gasteiger partial charge on any atom is 0.352 e. The van der Waals surface area contributed by atoms with Crippen LogP contribution in [0.15, 0.2) is 30.3 Å². The van der Waals surface area contributed by atoms with E-state index in [1.54, 1.807) is 0 Å². The largest absolute Gasteiger partial charge is 0.352 e. The second-order valence-electron chi connectivity index (χ2n) is 6.79. The molecule has 0 saturated carbocycles. The lowest BCUT2D eigenvalue weighted by Crippen LogP contribution is -2.52. The summed E-state index contributed by atoms with van der Waals surface area (Å²) < 4.78 is 12.8. The maximum absolute atomic E-state index is 12.8. The maximum atomic E-state index is 12.8. The first-order valence-electron chi connectivity index (χ1n) is 8.92. The Morgan fingerprint density at radius 3 is 2.57 bits per heavy atom. The molecule has 0 fully saturated rings. The summed E-state index contributed by atoms with van der Waals surface area (Å²) in [4.78, 5) is 37.4. The van der Waals surface area contributed by atoms with Crippen LogP contribution in [0.5, 0.6) is 0 Å². The molecule has 0 saturated heterocycles. The fourth-order valence-corrected chi connectivity index (χ4v) is 4.09. The third-order valence-corrected chi connectivity index (χ3v) is 5.67. The van der Waals surface area contributed by atoms with Crippen molar-refractivity contribution in [1.82, 2.24) is 21.7 Å². The van der Waals surface area contributed by atoms with E-state index in [0.717, 1.165) is 19.3 Å². The molecule has 1 aromatic carbocycles. The molecule has 1 aliphatic rings. The Hall–Kier alpha value is -2.94. The minimum atomic E-state index is -0.782. The second-order valence-corrected chi connectivity index (χ2v) is 7.93. The Balaban J connectivity index is 1.41. The molecule has 148 valence electrons. The van der Waals surface area contributed by atoms with Crippen molar-refractivity contribution in [1.29, 1.82) is 0 Å². The van der Waals surface area contributed by atoms with Crippen LogP contribution in [0.2, 0.25) is 0 Å². The third-order valence-electron chi connectivity index (χ3n) is 4.44. The van der Waals surface area contributed by atoms with Gasteiger partial charge in [-0.15, -0.1) is 11.3 Å². The average molecular weight is 404 g/mol. The number of amides is 4. The number of carbonyl (C=O) groups excluding carboxylic acids is 3. The lowest BCUT2D eigenvalue weighted by molar-refractivity contribution is -0.121. The van der Waals surface area contributed by atoms with Gasteiger partial charge in [-0.3, -0.25) is 20.4 Å². The molecule has 4 amide bonds. The molecule has 7 nitrogen and oxygen atoms in total. The van der Waals surface area contributed by atoms with Crippen molar-refractivity contribution >= 4 is 29.2 Å². The molecule has 4 N–H and O–H groups in total. The smallest absolute Gasteiger partial charge is 0.273 e. The zero-order valence-electron chi connectivity index (χ0n) is 15.3. The van der Waals surface area contributed by atoms with Crippen molar-refractivity contribution < 1.29 is 18.8 Å². The molecule has 0 spiro atoms. The van der Waals surface area contributed by atoms with Crippen molar-refractivity contribution in [2.24, 2.45) is 5.92 Å². The van der Waals surface area contributed by atoms with E-state index in [4.69, 9.17) is 0 Å². The number of nitrogens with one attached hydrogen (secondary N) is 4. The highest BCUT2D eigenvalue weighted by Gasteiger charge is 2.20. The molecule has 1 heterocycles. The molecule has 1 atom stereocenters. The second kappa shape index (κ2) is 8.83. The molecule has 9 heteroatoms. The lowest BCUT2D eigenvalue weighted by atomic mass is 9.90. The predicted octanol–water partition coefficient (Wildman–Crippen LogP) is 2.23. The third kappa shape index (κ3) is 5.29. The molecule has 3 rings (SSSR count). The predicted molar refractivity (Wildman–Crippen MR) is 103 cm³/mol. The lowest BCUT2D eigenvalue weighted by Gasteiger charge is -2.16. The van der Waals surface area contributed by atoms with Crippen LogP contribution in [0.4, 0.5) is 9.18 Å². The van der Waals surface area contributed by atoms with Crippen molar-refractivity contribution in [3.8, 4) is 0 Å². The summed E-state index contributed by atoms with van der Waals surface area (Å²) in [7, 11) is 0. The highest BCUT2D eigenvalue weighted by atomic mass is 32.1. The van der Waals surface area contributed by atoms with E-state index in [0.29, 0.717) is 16.4 Å². The number of fused-ring (bicyclic) bond motifs is 1. The van der Waals surface area contributed by atoms with Crippen LogP contribution in [-0.2, 0) is 24.1 Å². The van der Waals surface area contributed by atoms with Crippen molar-refractivity contribution in [3.63, 3.8) is 0 Å². The summed E-state index contributed by atoms with van der Waals surface area (Å²) in [5.74, 6) is -0.660. The fourth-order valence-electron chi connectivity index (χ4n) is 2.98. The monoisotopic (exact) mass is 404 g/mol. The van der Waals surface area contributed by atoms with Crippen LogP contribution in [-0.4, -0.2) is 17.8 Å². The van der Waals surface area contributed by atoms with E-state index in [-0.39, 0.29) is 6.42 Å². The number of aryl methyl sites for hydroxylation is 1. The van der Waals surface area contributed by atoms with Crippen LogP contribution in [0.25, 0.3) is 0 Å². The molecule has 1 unspecified atom stereocenters. The van der Waals surface area contributed by atoms with Gasteiger partial charge < -0.3 is 0 Å². The Morgan fingerprint density at radius 2 is 1.82 bits per heavy atom. The summed E-state index contributed by atoms with van der Waals surface area (Å²) in [5, 5.41) is 0. The SMILES string of the molecule is CC1CCc2sc(C(=O)NNC(=O)NNC(=O)Cc3ccc(F)cc3)cc2C1. The number of thiophene rings is 1. The number of carbonyl (C=O) groups is 3. The first-order valence-corrected chi connectivity index (χ1v) is 9.73. The zero-order chi connectivity index (χ0) is 20.1. The van der Waals surface area contributed by atoms with E-state index in [9.17, 15) is 18.8 Å². The highest BCUT2D eigenvalue weighted by molar-refractivity contribution is 7.14. The van der Waals surface area contributed by atoms with Crippen LogP contribution >= 0.6 is 11.3 Å². The van der Waals surface area contributed by atoms with Gasteiger partial charge in [-0.05, 0) is 54.5 Å². The van der Waals surface area contributed by atoms with Crippen molar-refractivity contribution in [3.05, 3.63) is 57.0 Å². The number of rotatable bonds is 3. The van der Waals surface area contributed by atoms with Gasteiger partial charge in [0, 0.05) is 4.88 Å². The van der Waals surface area contributed by atoms with Crippen LogP contribution < -0.4 is 21.7 Å². The van der Waals surface area contributed by atoms with Gasteiger partial charge in [0.05, 0.1) is 11.3 Å². The van der Waals surface area contributed by atoms with E-state index < -0.39 is 23.7 Å². The van der Waals surface area contributed by atoms with Crippen molar-refractivity contribution in [2.75, 3.05) is 0 Å². The number of benzene rings is 1. The van der Waals surface area contributed by atoms with Crippen LogP contribution in [0, 0.1) is 11.7 Å². The quantitative estimate of drug-likeness (QED) is 0.591. The molecule has 1 aromatic heterocycles. The minimum absolute atomic E-state index is 0.0217. The summed E-state index contributed by atoms with van der Waals surface area (Å²) in [6.07, 6.45) is 3.04. The molecule has 0 radical (unpaired) electrons. The highest BCUT2D eigenvalue weighted by Crippen LogP contribution is 2.32. The first-order chi connectivity index (χ1) is 13.4. The van der Waals surface area contributed by atoms with E-state index >= 15 is 0 Å². The molecular weight excluding hydrogens is 383 g/mol. The van der Waals surface area contributed by atoms with Crippen LogP contribution in [0.1, 0.15) is 39.0 Å². The summed E-state index contributed by atoms with van der Waals surface area (Å²) in [6, 6.07) is 6.56. The Morgan fingerprint density at radius 1 is 1.11 bits per heavy atom. The van der Waals surface area contributed by atoms with Gasteiger partial charge in [-0.1, -0.05) is 19.1 Å². The Labute approximate surface area is 165 Å². The standard InChI is InChI=1S/C19H21FN4O3S/c1-11-2-7-15-13(8-11)10-16(28-15)18(26)22-24-19(27)23-21-17(25)9-12-3-5-14(20)6-4-12/h3-6,10-11H,2,7-9H2,1H3,(H,21,25)(H,22,26)(H2,23,24,27). The van der Waals surface area contributed by atoms with Gasteiger partial charge in [-0.25, -0.2) is 20.0 Å². The Kier molecular flexibility index (Phi) is 6.25. The fraction of sp³-hybridized carbons (Fsp3) is 0.316. The molecular formula is C19H21FN4O3S. The number of hydrazine groups is 2. The summed E-state index contributed by atoms with van der Waals surface area (Å²) >= 11 is 1.44. The van der Waals surface area contributed by atoms with Crippen LogP contribution in [0.3, 0.4) is 0 Å². The minimum Gasteiger partial charge on any atom is -0.273 e. The molecule has 1 aliphatic carbocycles. The first kappa shape index (κ1) is 19.8. The normalized spacial score (nSPS) is 15.3. The zero-order valence-corrected chi connectivity index (χ0v) is 16.1. The number of urea groups is 1. The number of hydrogen-bond acceptors (Lipinski definition) is 4. The Bertz CT molecular complexity index is 882. The van der Waals surface area contributed by atoms with Crippen molar-refractivity contribution in [2.45, 2.75) is 32.6 Å². The van der Waals surface area contributed by atoms with Gasteiger partial charge in [-0.2, -0.15) is 0 Å². The van der Waals surface area contributed by atoms with Gasteiger partial charge in [0.25, 0.3) is 5.91 Å². The number of halogens is 1. The van der Waals surface area contributed by atoms with Gasteiger partial charge in [0.1, 0.15) is 5.82 Å². The van der Waals surface area contributed by atoms with Gasteiger partial charge >= 0.3 is 6.03 Å². The molecule has 28 heavy (non-hydrogen) atoms. The van der Waals surface area contributed by atoms with E-state index in [1.807, 2.05) is 6.07 Å². The van der Waals surface area contributed by atoms with Gasteiger partial charge in [0.15, 0.2) is 0 Å². The summed E-state index contributed by atoms with van der Waals surface area (Å²) in [6.45, 7) is 2.19. The summed E-state index contributed by atoms with van der Waals surface area (Å²) in [5.41, 5.74) is 10.7. The topological polar surface area (TPSA) is 99.3 Å². The molecule has 2 aromatic rings. The molecule has 0 aliphatic heterocycles. The van der Waals surface area contributed by atoms with E-state index in [2.05, 4.69) is 28.6 Å². The van der Waals surface area contributed by atoms with E-state index in [1.165, 1.54) is 46.0 Å². The van der Waals surface area contributed by atoms with Gasteiger partial charge in [0.2, 0.25) is 5.91 Å². The number of hydrogen-bond donors (Lipinski definition) is 4. The molecule has 0 bridgehead atoms. The average Bonchev–Trinajstić information content (AvgIpc) is 3.09.